The lowest BCUT2D eigenvalue weighted by atomic mass is 10.1. The Hall–Kier alpha value is -0.160. The maximum absolute atomic E-state index is 6.09. The molecule has 2 heterocycles. The second-order valence-corrected chi connectivity index (χ2v) is 5.25. The highest BCUT2D eigenvalue weighted by atomic mass is 79.9. The molecule has 4 heteroatoms. The van der Waals surface area contributed by atoms with Crippen molar-refractivity contribution < 1.29 is 0 Å². The van der Waals surface area contributed by atoms with Gasteiger partial charge in [0.1, 0.15) is 0 Å². The van der Waals surface area contributed by atoms with Crippen molar-refractivity contribution in [2.24, 2.45) is 5.73 Å². The summed E-state index contributed by atoms with van der Waals surface area (Å²) in [4.78, 5) is 1.19. The van der Waals surface area contributed by atoms with Crippen molar-refractivity contribution in [1.29, 1.82) is 0 Å². The molecular formula is C9H8BrNS2. The molecule has 68 valence electrons. The van der Waals surface area contributed by atoms with Crippen LogP contribution in [0.4, 0.5) is 0 Å². The predicted octanol–water partition coefficient (Wildman–Crippen LogP) is 3.62. The predicted molar refractivity (Wildman–Crippen MR) is 62.4 cm³/mol. The molecule has 2 N–H and O–H groups in total. The van der Waals surface area contributed by atoms with Crippen molar-refractivity contribution in [2.45, 2.75) is 6.04 Å². The van der Waals surface area contributed by atoms with Crippen LogP contribution in [0.5, 0.6) is 0 Å². The second kappa shape index (κ2) is 3.92. The van der Waals surface area contributed by atoms with E-state index < -0.39 is 0 Å². The van der Waals surface area contributed by atoms with Gasteiger partial charge < -0.3 is 5.73 Å². The van der Waals surface area contributed by atoms with E-state index in [4.69, 9.17) is 5.73 Å². The van der Waals surface area contributed by atoms with Gasteiger partial charge in [-0.05, 0) is 49.8 Å². The van der Waals surface area contributed by atoms with Gasteiger partial charge in [-0.25, -0.2) is 0 Å². The minimum absolute atomic E-state index is 0.0145. The van der Waals surface area contributed by atoms with E-state index in [1.807, 2.05) is 11.4 Å². The standard InChI is InChI=1S/C9H8BrNS2/c10-7-2-4-13-9(7)8(11)6-1-3-12-5-6/h1-5,8H,11H2/t8-/m0/s1. The quantitative estimate of drug-likeness (QED) is 0.889. The molecule has 1 atom stereocenters. The van der Waals surface area contributed by atoms with Crippen molar-refractivity contribution in [2.75, 3.05) is 0 Å². The smallest absolute Gasteiger partial charge is 0.0665 e. The fraction of sp³-hybridized carbons (Fsp3) is 0.111. The van der Waals surface area contributed by atoms with Gasteiger partial charge in [0.2, 0.25) is 0 Å². The number of nitrogens with two attached hydrogens (primary N) is 1. The van der Waals surface area contributed by atoms with Crippen LogP contribution in [0.2, 0.25) is 0 Å². The molecule has 0 aliphatic carbocycles. The molecule has 0 fully saturated rings. The Balaban J connectivity index is 2.33. The zero-order chi connectivity index (χ0) is 9.26. The first-order valence-corrected chi connectivity index (χ1v) is 6.41. The number of rotatable bonds is 2. The molecule has 0 unspecified atom stereocenters. The maximum Gasteiger partial charge on any atom is 0.0665 e. The van der Waals surface area contributed by atoms with E-state index in [0.717, 1.165) is 4.47 Å². The summed E-state index contributed by atoms with van der Waals surface area (Å²) in [6.45, 7) is 0. The summed E-state index contributed by atoms with van der Waals surface area (Å²) >= 11 is 6.86. The molecule has 0 saturated heterocycles. The first kappa shape index (κ1) is 9.40. The average Bonchev–Trinajstić information content (AvgIpc) is 2.72. The Bertz CT molecular complexity index is 380. The van der Waals surface area contributed by atoms with Gasteiger partial charge in [-0.1, -0.05) is 0 Å². The van der Waals surface area contributed by atoms with Crippen LogP contribution in [0.1, 0.15) is 16.5 Å². The third-order valence-electron chi connectivity index (χ3n) is 1.83. The molecule has 0 aliphatic heterocycles. The Kier molecular flexibility index (Phi) is 2.83. The zero-order valence-corrected chi connectivity index (χ0v) is 9.95. The van der Waals surface area contributed by atoms with Crippen LogP contribution in [0, 0.1) is 0 Å². The number of hydrogen-bond acceptors (Lipinski definition) is 3. The van der Waals surface area contributed by atoms with Crippen LogP contribution in [-0.4, -0.2) is 0 Å². The number of halogens is 1. The van der Waals surface area contributed by atoms with Gasteiger partial charge in [-0.3, -0.25) is 0 Å². The third-order valence-corrected chi connectivity index (χ3v) is 4.48. The molecule has 0 radical (unpaired) electrons. The highest BCUT2D eigenvalue weighted by molar-refractivity contribution is 9.10. The Morgan fingerprint density at radius 3 is 2.69 bits per heavy atom. The van der Waals surface area contributed by atoms with E-state index in [1.54, 1.807) is 22.7 Å². The van der Waals surface area contributed by atoms with Gasteiger partial charge in [-0.15, -0.1) is 11.3 Å². The molecular weight excluding hydrogens is 266 g/mol. The van der Waals surface area contributed by atoms with E-state index in [-0.39, 0.29) is 6.04 Å². The second-order valence-electron chi connectivity index (χ2n) is 2.67. The Morgan fingerprint density at radius 1 is 1.31 bits per heavy atom. The lowest BCUT2D eigenvalue weighted by Crippen LogP contribution is -2.09. The molecule has 0 amide bonds. The molecule has 0 spiro atoms. The van der Waals surface area contributed by atoms with Gasteiger partial charge in [0.15, 0.2) is 0 Å². The molecule has 2 aromatic heterocycles. The van der Waals surface area contributed by atoms with Crippen molar-refractivity contribution in [3.8, 4) is 0 Å². The van der Waals surface area contributed by atoms with Crippen LogP contribution in [0.15, 0.2) is 32.7 Å². The third kappa shape index (κ3) is 1.86. The average molecular weight is 274 g/mol. The van der Waals surface area contributed by atoms with Crippen LogP contribution in [0.3, 0.4) is 0 Å². The summed E-state index contributed by atoms with van der Waals surface area (Å²) < 4.78 is 1.11. The number of hydrogen-bond donors (Lipinski definition) is 1. The molecule has 2 aromatic rings. The fourth-order valence-electron chi connectivity index (χ4n) is 1.13. The van der Waals surface area contributed by atoms with Gasteiger partial charge in [-0.2, -0.15) is 11.3 Å². The summed E-state index contributed by atoms with van der Waals surface area (Å²) in [5.41, 5.74) is 7.28. The van der Waals surface area contributed by atoms with Gasteiger partial charge in [0.25, 0.3) is 0 Å². The summed E-state index contributed by atoms with van der Waals surface area (Å²) in [5, 5.41) is 6.19. The minimum atomic E-state index is 0.0145. The largest absolute Gasteiger partial charge is 0.320 e. The van der Waals surface area contributed by atoms with E-state index in [0.29, 0.717) is 0 Å². The molecule has 1 nitrogen and oxygen atoms in total. The minimum Gasteiger partial charge on any atom is -0.320 e. The van der Waals surface area contributed by atoms with Crippen LogP contribution in [-0.2, 0) is 0 Å². The van der Waals surface area contributed by atoms with E-state index >= 15 is 0 Å². The first-order valence-electron chi connectivity index (χ1n) is 3.79. The van der Waals surface area contributed by atoms with Crippen molar-refractivity contribution in [3.63, 3.8) is 0 Å². The first-order chi connectivity index (χ1) is 6.29. The van der Waals surface area contributed by atoms with Crippen LogP contribution < -0.4 is 5.73 Å². The lowest BCUT2D eigenvalue weighted by Gasteiger charge is -2.07. The summed E-state index contributed by atoms with van der Waals surface area (Å²) in [5.74, 6) is 0. The van der Waals surface area contributed by atoms with Crippen molar-refractivity contribution in [3.05, 3.63) is 43.2 Å². The van der Waals surface area contributed by atoms with Crippen molar-refractivity contribution in [1.82, 2.24) is 0 Å². The van der Waals surface area contributed by atoms with E-state index in [9.17, 15) is 0 Å². The molecule has 0 aromatic carbocycles. The summed E-state index contributed by atoms with van der Waals surface area (Å²) in [6.07, 6.45) is 0. The molecule has 0 aliphatic rings. The van der Waals surface area contributed by atoms with E-state index in [1.165, 1.54) is 10.4 Å². The topological polar surface area (TPSA) is 26.0 Å². The van der Waals surface area contributed by atoms with Gasteiger partial charge in [0, 0.05) is 9.35 Å². The molecule has 2 rings (SSSR count). The van der Waals surface area contributed by atoms with Gasteiger partial charge in [0.05, 0.1) is 6.04 Å². The molecule has 0 saturated carbocycles. The van der Waals surface area contributed by atoms with E-state index in [2.05, 4.69) is 32.8 Å². The van der Waals surface area contributed by atoms with Crippen LogP contribution >= 0.6 is 38.6 Å². The Labute approximate surface area is 93.3 Å². The van der Waals surface area contributed by atoms with Crippen molar-refractivity contribution >= 4 is 38.6 Å². The number of thiophene rings is 2. The highest BCUT2D eigenvalue weighted by Gasteiger charge is 2.13. The zero-order valence-electron chi connectivity index (χ0n) is 6.74. The highest BCUT2D eigenvalue weighted by Crippen LogP contribution is 2.32. The monoisotopic (exact) mass is 273 g/mol. The van der Waals surface area contributed by atoms with Crippen LogP contribution in [0.25, 0.3) is 0 Å². The normalized spacial score (nSPS) is 13.1. The Morgan fingerprint density at radius 2 is 2.15 bits per heavy atom. The summed E-state index contributed by atoms with van der Waals surface area (Å²) in [7, 11) is 0. The van der Waals surface area contributed by atoms with Gasteiger partial charge >= 0.3 is 0 Å². The lowest BCUT2D eigenvalue weighted by molar-refractivity contribution is 0.895. The molecule has 13 heavy (non-hydrogen) atoms. The SMILES string of the molecule is N[C@@H](c1ccsc1)c1sccc1Br. The fourth-order valence-corrected chi connectivity index (χ4v) is 3.48. The summed E-state index contributed by atoms with van der Waals surface area (Å²) in [6, 6.07) is 4.12. The maximum atomic E-state index is 6.09. The molecule has 0 bridgehead atoms.